The van der Waals surface area contributed by atoms with E-state index in [-0.39, 0.29) is 0 Å². The van der Waals surface area contributed by atoms with E-state index in [4.69, 9.17) is 0 Å². The van der Waals surface area contributed by atoms with Crippen LogP contribution in [0.25, 0.3) is 75.1 Å². The molecule has 2 heteroatoms. The third kappa shape index (κ3) is 5.24. The number of para-hydroxylation sites is 1. The van der Waals surface area contributed by atoms with Crippen molar-refractivity contribution in [3.8, 4) is 33.4 Å². The first-order chi connectivity index (χ1) is 25.8. The minimum atomic E-state index is 1.11. The van der Waals surface area contributed by atoms with E-state index in [0.717, 1.165) is 17.1 Å². The van der Waals surface area contributed by atoms with Crippen molar-refractivity contribution >= 4 is 70.1 Å². The molecule has 52 heavy (non-hydrogen) atoms. The van der Waals surface area contributed by atoms with Crippen LogP contribution < -0.4 is 4.90 Å². The molecule has 10 aromatic rings. The Labute approximate surface area is 307 Å². The lowest BCUT2D eigenvalue weighted by molar-refractivity contribution is 1.28. The molecule has 1 nitrogen and oxygen atoms in total. The summed E-state index contributed by atoms with van der Waals surface area (Å²) in [6.07, 6.45) is 0. The van der Waals surface area contributed by atoms with Gasteiger partial charge in [0.2, 0.25) is 0 Å². The molecule has 9 aromatic carbocycles. The summed E-state index contributed by atoms with van der Waals surface area (Å²) in [5.41, 5.74) is 10.6. The maximum Gasteiger partial charge on any atom is 0.0540 e. The first-order valence-electron chi connectivity index (χ1n) is 17.8. The van der Waals surface area contributed by atoms with E-state index < -0.39 is 0 Å². The first kappa shape index (κ1) is 30.4. The number of fused-ring (bicyclic) bond motifs is 6. The van der Waals surface area contributed by atoms with Gasteiger partial charge in [-0.05, 0) is 85.8 Å². The minimum absolute atomic E-state index is 1.11. The zero-order chi connectivity index (χ0) is 34.4. The van der Waals surface area contributed by atoms with Crippen molar-refractivity contribution in [2.24, 2.45) is 0 Å². The lowest BCUT2D eigenvalue weighted by atomic mass is 9.97. The van der Waals surface area contributed by atoms with E-state index in [1.54, 1.807) is 0 Å². The Morgan fingerprint density at radius 3 is 1.67 bits per heavy atom. The molecule has 0 unspecified atom stereocenters. The predicted octanol–water partition coefficient (Wildman–Crippen LogP) is 14.8. The molecule has 0 aliphatic rings. The number of benzene rings is 9. The fourth-order valence-electron chi connectivity index (χ4n) is 7.71. The molecule has 0 saturated heterocycles. The zero-order valence-electron chi connectivity index (χ0n) is 28.4. The van der Waals surface area contributed by atoms with Crippen LogP contribution in [0, 0.1) is 0 Å². The fourth-order valence-corrected chi connectivity index (χ4v) is 8.99. The van der Waals surface area contributed by atoms with Gasteiger partial charge in [0, 0.05) is 37.1 Å². The molecule has 0 bridgehead atoms. The van der Waals surface area contributed by atoms with Gasteiger partial charge in [-0.25, -0.2) is 0 Å². The number of anilines is 3. The van der Waals surface area contributed by atoms with Crippen LogP contribution in [0.15, 0.2) is 200 Å². The normalized spacial score (nSPS) is 11.5. The van der Waals surface area contributed by atoms with Gasteiger partial charge in [0.1, 0.15) is 0 Å². The molecule has 1 aromatic heterocycles. The highest BCUT2D eigenvalue weighted by Crippen LogP contribution is 2.43. The summed E-state index contributed by atoms with van der Waals surface area (Å²) in [5.74, 6) is 0. The van der Waals surface area contributed by atoms with Gasteiger partial charge in [-0.2, -0.15) is 0 Å². The van der Waals surface area contributed by atoms with Crippen molar-refractivity contribution in [2.45, 2.75) is 0 Å². The van der Waals surface area contributed by atoms with Crippen molar-refractivity contribution in [1.29, 1.82) is 0 Å². The van der Waals surface area contributed by atoms with Crippen molar-refractivity contribution in [2.75, 3.05) is 4.90 Å². The van der Waals surface area contributed by atoms with Gasteiger partial charge in [0.25, 0.3) is 0 Å². The molecule has 0 saturated carbocycles. The molecule has 0 N–H and O–H groups in total. The van der Waals surface area contributed by atoms with Gasteiger partial charge in [-0.3, -0.25) is 0 Å². The highest BCUT2D eigenvalue weighted by atomic mass is 32.1. The number of hydrogen-bond acceptors (Lipinski definition) is 2. The lowest BCUT2D eigenvalue weighted by Crippen LogP contribution is -2.11. The molecule has 0 amide bonds. The van der Waals surface area contributed by atoms with Gasteiger partial charge < -0.3 is 4.90 Å². The largest absolute Gasteiger partial charge is 0.310 e. The smallest absolute Gasteiger partial charge is 0.0540 e. The van der Waals surface area contributed by atoms with E-state index in [9.17, 15) is 0 Å². The summed E-state index contributed by atoms with van der Waals surface area (Å²) in [5, 5.41) is 7.79. The van der Waals surface area contributed by atoms with Gasteiger partial charge in [-0.1, -0.05) is 164 Å². The number of thiophene rings is 1. The maximum atomic E-state index is 2.39. The summed E-state index contributed by atoms with van der Waals surface area (Å²) in [7, 11) is 0. The molecule has 10 rings (SSSR count). The Hall–Kier alpha value is -6.48. The van der Waals surface area contributed by atoms with Crippen LogP contribution in [0.2, 0.25) is 0 Å². The van der Waals surface area contributed by atoms with Gasteiger partial charge in [0.15, 0.2) is 0 Å². The summed E-state index contributed by atoms with van der Waals surface area (Å²) in [6.45, 7) is 0. The standard InChI is InChI=1S/C50H33NS/c1-2-11-36(12-3-1)44-17-8-9-20-48(44)51(41-29-23-38(24-30-41)43-19-10-15-35-13-4-6-16-42(35)43)40-27-21-34(22-28-40)39-26-31-46-47-32-25-37-14-5-7-18-45(37)50(47)52-49(46)33-39/h1-33H. The summed E-state index contributed by atoms with van der Waals surface area (Å²) in [4.78, 5) is 2.39. The van der Waals surface area contributed by atoms with Crippen LogP contribution in [-0.2, 0) is 0 Å². The average Bonchev–Trinajstić information content (AvgIpc) is 3.60. The van der Waals surface area contributed by atoms with E-state index >= 15 is 0 Å². The van der Waals surface area contributed by atoms with Crippen molar-refractivity contribution in [1.82, 2.24) is 0 Å². The number of hydrogen-bond donors (Lipinski definition) is 0. The Balaban J connectivity index is 1.06. The topological polar surface area (TPSA) is 3.24 Å². The quantitative estimate of drug-likeness (QED) is 0.169. The Morgan fingerprint density at radius 1 is 0.327 bits per heavy atom. The second kappa shape index (κ2) is 12.7. The molecule has 0 radical (unpaired) electrons. The van der Waals surface area contributed by atoms with E-state index in [0.29, 0.717) is 0 Å². The second-order valence-corrected chi connectivity index (χ2v) is 14.4. The highest BCUT2D eigenvalue weighted by Gasteiger charge is 2.18. The summed E-state index contributed by atoms with van der Waals surface area (Å²) in [6, 6.07) is 72.8. The number of rotatable bonds is 6. The zero-order valence-corrected chi connectivity index (χ0v) is 29.2. The second-order valence-electron chi connectivity index (χ2n) is 13.3. The molecule has 1 heterocycles. The van der Waals surface area contributed by atoms with Crippen LogP contribution in [0.4, 0.5) is 17.1 Å². The summed E-state index contributed by atoms with van der Waals surface area (Å²) < 4.78 is 2.68. The van der Waals surface area contributed by atoms with Gasteiger partial charge >= 0.3 is 0 Å². The van der Waals surface area contributed by atoms with Crippen LogP contribution in [0.3, 0.4) is 0 Å². The molecular weight excluding hydrogens is 647 g/mol. The molecule has 0 atom stereocenters. The highest BCUT2D eigenvalue weighted by molar-refractivity contribution is 7.26. The third-order valence-corrected chi connectivity index (χ3v) is 11.5. The minimum Gasteiger partial charge on any atom is -0.310 e. The molecule has 0 fully saturated rings. The molecular formula is C50H33NS. The number of nitrogens with zero attached hydrogens (tertiary/aromatic N) is 1. The van der Waals surface area contributed by atoms with E-state index in [2.05, 4.69) is 205 Å². The van der Waals surface area contributed by atoms with Crippen LogP contribution in [0.1, 0.15) is 0 Å². The van der Waals surface area contributed by atoms with Gasteiger partial charge in [0.05, 0.1) is 5.69 Å². The first-order valence-corrected chi connectivity index (χ1v) is 18.6. The van der Waals surface area contributed by atoms with Crippen molar-refractivity contribution in [3.63, 3.8) is 0 Å². The molecule has 0 spiro atoms. The average molecular weight is 680 g/mol. The molecule has 0 aliphatic carbocycles. The van der Waals surface area contributed by atoms with Crippen molar-refractivity contribution < 1.29 is 0 Å². The fraction of sp³-hybridized carbons (Fsp3) is 0. The Bertz CT molecular complexity index is 2880. The van der Waals surface area contributed by atoms with E-state index in [1.165, 1.54) is 75.1 Å². The van der Waals surface area contributed by atoms with Crippen LogP contribution >= 0.6 is 11.3 Å². The van der Waals surface area contributed by atoms with Crippen molar-refractivity contribution in [3.05, 3.63) is 200 Å². The predicted molar refractivity (Wildman–Crippen MR) is 225 cm³/mol. The SMILES string of the molecule is c1ccc(-c2ccccc2N(c2ccc(-c3ccc4c(c3)sc3c5ccccc5ccc43)cc2)c2ccc(-c3cccc4ccccc34)cc2)cc1. The Morgan fingerprint density at radius 2 is 0.885 bits per heavy atom. The monoisotopic (exact) mass is 679 g/mol. The molecule has 0 aliphatic heterocycles. The maximum absolute atomic E-state index is 2.39. The lowest BCUT2D eigenvalue weighted by Gasteiger charge is -2.28. The third-order valence-electron chi connectivity index (χ3n) is 10.3. The summed E-state index contributed by atoms with van der Waals surface area (Å²) >= 11 is 1.89. The van der Waals surface area contributed by atoms with E-state index in [1.807, 2.05) is 11.3 Å². The van der Waals surface area contributed by atoms with Crippen LogP contribution in [-0.4, -0.2) is 0 Å². The van der Waals surface area contributed by atoms with Gasteiger partial charge in [-0.15, -0.1) is 11.3 Å². The Kier molecular flexibility index (Phi) is 7.41. The van der Waals surface area contributed by atoms with Crippen LogP contribution in [0.5, 0.6) is 0 Å². The molecule has 244 valence electrons.